The number of pyridine rings is 2. The van der Waals surface area contributed by atoms with Gasteiger partial charge in [0.1, 0.15) is 11.4 Å². The summed E-state index contributed by atoms with van der Waals surface area (Å²) in [6.07, 6.45) is 2.91. The summed E-state index contributed by atoms with van der Waals surface area (Å²) in [5, 5.41) is 51.2. The zero-order valence-corrected chi connectivity index (χ0v) is 19.7. The molecule has 3 aromatic rings. The third kappa shape index (κ3) is 8.92. The predicted octanol–water partition coefficient (Wildman–Crippen LogP) is -4.82. The smallest absolute Gasteiger partial charge is 0.238 e. The van der Waals surface area contributed by atoms with Gasteiger partial charge in [-0.2, -0.15) is 0 Å². The molecule has 0 saturated carbocycles. The first-order valence-corrected chi connectivity index (χ1v) is 11.0. The van der Waals surface area contributed by atoms with Crippen LogP contribution in [-0.4, -0.2) is 103 Å². The molecular weight excluding hydrogens is 502 g/mol. The van der Waals surface area contributed by atoms with Crippen molar-refractivity contribution < 1.29 is 34.5 Å². The molecule has 16 nitrogen and oxygen atoms in total. The van der Waals surface area contributed by atoms with Crippen molar-refractivity contribution in [3.05, 3.63) is 42.7 Å². The lowest BCUT2D eigenvalue weighted by molar-refractivity contribution is -0.311. The Kier molecular flexibility index (Phi) is 9.72. The number of nitrogens with zero attached hydrogens (tertiary/aromatic N) is 8. The van der Waals surface area contributed by atoms with Gasteiger partial charge in [-0.15, -0.1) is 20.4 Å². The van der Waals surface area contributed by atoms with Crippen LogP contribution in [0.4, 0.5) is 5.69 Å². The third-order valence-corrected chi connectivity index (χ3v) is 4.81. The number of hydrogen-bond donors (Lipinski definition) is 1. The quantitative estimate of drug-likeness (QED) is 0.209. The van der Waals surface area contributed by atoms with Crippen LogP contribution in [0.15, 0.2) is 42.7 Å². The van der Waals surface area contributed by atoms with Gasteiger partial charge in [0.25, 0.3) is 0 Å². The standard InChI is InChI=1S/C22H23N9O7/c32-17(10-30(11-18(33)34)7-8-31(12-19(35)36)13-20(37)38)25-14-4-5-16(24-9-14)22-28-26-21(27-29-22)15-3-1-2-6-23-15/h1-6,9H,7-8,10-13H2,(H,25,32)(H,33,34)(H,35,36)(H,37,38)/p-3. The van der Waals surface area contributed by atoms with Crippen molar-refractivity contribution in [2.45, 2.75) is 0 Å². The summed E-state index contributed by atoms with van der Waals surface area (Å²) in [6, 6.07) is 8.26. The van der Waals surface area contributed by atoms with Gasteiger partial charge in [-0.1, -0.05) is 6.07 Å². The third-order valence-electron chi connectivity index (χ3n) is 4.81. The maximum absolute atomic E-state index is 12.5. The summed E-state index contributed by atoms with van der Waals surface area (Å²) in [7, 11) is 0. The Morgan fingerprint density at radius 2 is 1.21 bits per heavy atom. The summed E-state index contributed by atoms with van der Waals surface area (Å²) in [4.78, 5) is 55.6. The molecule has 38 heavy (non-hydrogen) atoms. The zero-order chi connectivity index (χ0) is 27.5. The number of amides is 1. The van der Waals surface area contributed by atoms with Crippen molar-refractivity contribution in [2.24, 2.45) is 0 Å². The Morgan fingerprint density at radius 3 is 1.66 bits per heavy atom. The summed E-state index contributed by atoms with van der Waals surface area (Å²) in [5.41, 5.74) is 1.12. The maximum atomic E-state index is 12.5. The number of carbonyl (C=O) groups is 4. The van der Waals surface area contributed by atoms with E-state index in [1.165, 1.54) is 18.3 Å². The topological polar surface area (TPSA) is 233 Å². The first kappa shape index (κ1) is 27.6. The lowest BCUT2D eigenvalue weighted by Crippen LogP contribution is -2.49. The Bertz CT molecular complexity index is 1240. The van der Waals surface area contributed by atoms with Crippen molar-refractivity contribution in [1.82, 2.24) is 40.2 Å². The number of carboxylic acids is 3. The van der Waals surface area contributed by atoms with Crippen LogP contribution in [0, 0.1) is 0 Å². The molecule has 3 aromatic heterocycles. The average Bonchev–Trinajstić information content (AvgIpc) is 2.87. The number of aromatic nitrogens is 6. The van der Waals surface area contributed by atoms with Gasteiger partial charge in [-0.05, 0) is 24.3 Å². The van der Waals surface area contributed by atoms with Crippen LogP contribution in [0.1, 0.15) is 0 Å². The van der Waals surface area contributed by atoms with Crippen molar-refractivity contribution in [2.75, 3.05) is 44.6 Å². The van der Waals surface area contributed by atoms with Gasteiger partial charge < -0.3 is 35.0 Å². The van der Waals surface area contributed by atoms with Gasteiger partial charge in [0.15, 0.2) is 0 Å². The highest BCUT2D eigenvalue weighted by molar-refractivity contribution is 5.92. The van der Waals surface area contributed by atoms with Crippen molar-refractivity contribution in [1.29, 1.82) is 0 Å². The van der Waals surface area contributed by atoms with Gasteiger partial charge in [0, 0.05) is 38.9 Å². The molecule has 0 spiro atoms. The minimum atomic E-state index is -1.52. The first-order chi connectivity index (χ1) is 18.2. The Balaban J connectivity index is 1.58. The Hall–Kier alpha value is -4.96. The minimum Gasteiger partial charge on any atom is -0.549 e. The molecule has 1 amide bonds. The number of anilines is 1. The molecule has 0 aliphatic carbocycles. The van der Waals surface area contributed by atoms with E-state index in [0.717, 1.165) is 9.80 Å². The molecule has 3 rings (SSSR count). The first-order valence-electron chi connectivity index (χ1n) is 11.0. The van der Waals surface area contributed by atoms with Crippen LogP contribution in [0.25, 0.3) is 23.0 Å². The van der Waals surface area contributed by atoms with Crippen molar-refractivity contribution in [3.63, 3.8) is 0 Å². The largest absolute Gasteiger partial charge is 0.549 e. The fourth-order valence-corrected chi connectivity index (χ4v) is 3.19. The number of hydrogen-bond acceptors (Lipinski definition) is 15. The van der Waals surface area contributed by atoms with E-state index in [1.54, 1.807) is 24.4 Å². The summed E-state index contributed by atoms with van der Waals surface area (Å²) in [6.45, 7) is -2.81. The van der Waals surface area contributed by atoms with Gasteiger partial charge >= 0.3 is 0 Å². The molecule has 16 heteroatoms. The molecule has 0 bridgehead atoms. The molecule has 0 aliphatic rings. The maximum Gasteiger partial charge on any atom is 0.238 e. The average molecular weight is 522 g/mol. The number of carboxylic acid groups (broad SMARTS) is 3. The number of rotatable bonds is 14. The van der Waals surface area contributed by atoms with E-state index in [-0.39, 0.29) is 30.4 Å². The van der Waals surface area contributed by atoms with Crippen molar-refractivity contribution >= 4 is 29.5 Å². The summed E-state index contributed by atoms with van der Waals surface area (Å²) >= 11 is 0. The second-order valence-electron chi connectivity index (χ2n) is 7.78. The fourth-order valence-electron chi connectivity index (χ4n) is 3.19. The van der Waals surface area contributed by atoms with Crippen LogP contribution in [0.2, 0.25) is 0 Å². The highest BCUT2D eigenvalue weighted by atomic mass is 16.4. The minimum absolute atomic E-state index is 0.139. The molecule has 0 aliphatic heterocycles. The molecule has 3 heterocycles. The molecule has 0 atom stereocenters. The number of carbonyl (C=O) groups excluding carboxylic acids is 4. The predicted molar refractivity (Wildman–Crippen MR) is 121 cm³/mol. The lowest BCUT2D eigenvalue weighted by Gasteiger charge is -2.28. The van der Waals surface area contributed by atoms with E-state index in [0.29, 0.717) is 11.4 Å². The summed E-state index contributed by atoms with van der Waals surface area (Å²) in [5.74, 6) is -4.75. The molecule has 198 valence electrons. The second-order valence-corrected chi connectivity index (χ2v) is 7.78. The van der Waals surface area contributed by atoms with Gasteiger partial charge in [0.05, 0.1) is 36.3 Å². The highest BCUT2D eigenvalue weighted by Crippen LogP contribution is 2.15. The fraction of sp³-hybridized carbons (Fsp3) is 0.273. The zero-order valence-electron chi connectivity index (χ0n) is 19.7. The van der Waals surface area contributed by atoms with Crippen LogP contribution in [-0.2, 0) is 19.2 Å². The van der Waals surface area contributed by atoms with Crippen LogP contribution >= 0.6 is 0 Å². The monoisotopic (exact) mass is 522 g/mol. The molecule has 1 N–H and O–H groups in total. The van der Waals surface area contributed by atoms with E-state index in [2.05, 4.69) is 35.7 Å². The molecule has 0 saturated heterocycles. The van der Waals surface area contributed by atoms with Crippen LogP contribution < -0.4 is 20.6 Å². The molecule has 0 aromatic carbocycles. The molecule has 0 unspecified atom stereocenters. The SMILES string of the molecule is O=C([O-])CN(CCN(CC(=O)[O-])CC(=O)Nc1ccc(-c2nnc(-c3ccccn3)nn2)nc1)CC(=O)[O-]. The van der Waals surface area contributed by atoms with Crippen LogP contribution in [0.5, 0.6) is 0 Å². The van der Waals surface area contributed by atoms with E-state index >= 15 is 0 Å². The van der Waals surface area contributed by atoms with E-state index < -0.39 is 50.0 Å². The van der Waals surface area contributed by atoms with Gasteiger partial charge in [-0.3, -0.25) is 24.6 Å². The van der Waals surface area contributed by atoms with E-state index in [1.807, 2.05) is 0 Å². The van der Waals surface area contributed by atoms with E-state index in [4.69, 9.17) is 0 Å². The number of aliphatic carboxylic acids is 3. The van der Waals surface area contributed by atoms with Crippen LogP contribution in [0.3, 0.4) is 0 Å². The Morgan fingerprint density at radius 1 is 0.684 bits per heavy atom. The lowest BCUT2D eigenvalue weighted by atomic mass is 10.3. The highest BCUT2D eigenvalue weighted by Gasteiger charge is 2.15. The summed E-state index contributed by atoms with van der Waals surface area (Å²) < 4.78 is 0. The molecule has 0 radical (unpaired) electrons. The van der Waals surface area contributed by atoms with Gasteiger partial charge in [0.2, 0.25) is 17.6 Å². The van der Waals surface area contributed by atoms with E-state index in [9.17, 15) is 34.5 Å². The number of nitrogens with one attached hydrogen (secondary N) is 1. The molecule has 0 fully saturated rings. The molecular formula is C22H20N9O7-3. The van der Waals surface area contributed by atoms with Crippen molar-refractivity contribution in [3.8, 4) is 23.0 Å². The second kappa shape index (κ2) is 13.4. The normalized spacial score (nSPS) is 10.9. The van der Waals surface area contributed by atoms with Gasteiger partial charge in [-0.25, -0.2) is 0 Å². The Labute approximate surface area is 215 Å².